The highest BCUT2D eigenvalue weighted by Crippen LogP contribution is 2.25. The van der Waals surface area contributed by atoms with Gasteiger partial charge in [0.05, 0.1) is 17.6 Å². The van der Waals surface area contributed by atoms with Gasteiger partial charge in [0.2, 0.25) is 0 Å². The van der Waals surface area contributed by atoms with Crippen LogP contribution in [0, 0.1) is 0 Å². The fourth-order valence-corrected chi connectivity index (χ4v) is 3.31. The molecule has 4 aromatic rings. The molecule has 1 aromatic heterocycles. The van der Waals surface area contributed by atoms with Crippen molar-refractivity contribution < 1.29 is 9.84 Å². The van der Waals surface area contributed by atoms with Gasteiger partial charge in [-0.3, -0.25) is 9.13 Å². The molecule has 1 unspecified atom stereocenters. The summed E-state index contributed by atoms with van der Waals surface area (Å²) in [6, 6.07) is 21.4. The van der Waals surface area contributed by atoms with Crippen LogP contribution >= 0.6 is 0 Å². The van der Waals surface area contributed by atoms with Crippen LogP contribution in [0.3, 0.4) is 0 Å². The van der Waals surface area contributed by atoms with Crippen LogP contribution in [0.4, 0.5) is 0 Å². The normalized spacial score (nSPS) is 12.5. The van der Waals surface area contributed by atoms with Crippen molar-refractivity contribution in [1.29, 1.82) is 0 Å². The van der Waals surface area contributed by atoms with Crippen LogP contribution in [0.5, 0.6) is 5.75 Å². The molecular weight excluding hydrogens is 328 g/mol. The molecule has 0 spiro atoms. The largest absolute Gasteiger partial charge is 0.490 e. The summed E-state index contributed by atoms with van der Waals surface area (Å²) >= 11 is 0. The predicted octanol–water partition coefficient (Wildman–Crippen LogP) is 2.93. The van der Waals surface area contributed by atoms with Crippen LogP contribution in [0.2, 0.25) is 0 Å². The molecule has 5 heteroatoms. The molecule has 1 atom stereocenters. The molecule has 5 nitrogen and oxygen atoms in total. The van der Waals surface area contributed by atoms with Gasteiger partial charge in [0.1, 0.15) is 18.5 Å². The van der Waals surface area contributed by atoms with E-state index in [-0.39, 0.29) is 18.8 Å². The Morgan fingerprint density at radius 2 is 1.65 bits per heavy atom. The molecule has 0 aliphatic rings. The summed E-state index contributed by atoms with van der Waals surface area (Å²) in [5.41, 5.74) is 1.51. The van der Waals surface area contributed by atoms with Gasteiger partial charge < -0.3 is 9.84 Å². The van der Waals surface area contributed by atoms with E-state index in [2.05, 4.69) is 0 Å². The van der Waals surface area contributed by atoms with E-state index in [0.717, 1.165) is 27.6 Å². The molecule has 0 saturated carbocycles. The van der Waals surface area contributed by atoms with E-state index in [4.69, 9.17) is 4.74 Å². The van der Waals surface area contributed by atoms with Gasteiger partial charge in [-0.05, 0) is 23.6 Å². The molecule has 0 bridgehead atoms. The Morgan fingerprint density at radius 3 is 2.50 bits per heavy atom. The highest BCUT2D eigenvalue weighted by Gasteiger charge is 2.14. The number of hydrogen-bond acceptors (Lipinski definition) is 3. The molecule has 0 aliphatic heterocycles. The SMILES string of the molecule is Cn1c(=O)n(CC(O)COc2cccc3ccccc23)c2ccccc21. The zero-order chi connectivity index (χ0) is 18.1. The zero-order valence-electron chi connectivity index (χ0n) is 14.5. The predicted molar refractivity (Wildman–Crippen MR) is 103 cm³/mol. The minimum Gasteiger partial charge on any atom is -0.490 e. The first-order valence-corrected chi connectivity index (χ1v) is 8.58. The number of aliphatic hydroxyl groups is 1. The van der Waals surface area contributed by atoms with Gasteiger partial charge >= 0.3 is 5.69 Å². The lowest BCUT2D eigenvalue weighted by Gasteiger charge is -2.14. The van der Waals surface area contributed by atoms with E-state index in [1.165, 1.54) is 0 Å². The average Bonchev–Trinajstić information content (AvgIpc) is 2.91. The molecule has 1 heterocycles. The van der Waals surface area contributed by atoms with Crippen molar-refractivity contribution in [3.8, 4) is 5.75 Å². The van der Waals surface area contributed by atoms with Gasteiger partial charge in [-0.1, -0.05) is 48.5 Å². The minimum atomic E-state index is -0.794. The summed E-state index contributed by atoms with van der Waals surface area (Å²) < 4.78 is 9.02. The van der Waals surface area contributed by atoms with Gasteiger partial charge in [0, 0.05) is 12.4 Å². The van der Waals surface area contributed by atoms with Crippen molar-refractivity contribution in [2.75, 3.05) is 6.61 Å². The standard InChI is InChI=1S/C21H20N2O3/c1-22-18-10-4-5-11-19(18)23(21(22)25)13-16(24)14-26-20-12-6-8-15-7-2-3-9-17(15)20/h2-12,16,24H,13-14H2,1H3. The van der Waals surface area contributed by atoms with Gasteiger partial charge in [-0.25, -0.2) is 4.79 Å². The first kappa shape index (κ1) is 16.4. The zero-order valence-corrected chi connectivity index (χ0v) is 14.5. The Morgan fingerprint density at radius 1 is 0.962 bits per heavy atom. The molecule has 1 N–H and O–H groups in total. The van der Waals surface area contributed by atoms with Crippen molar-refractivity contribution in [2.45, 2.75) is 12.6 Å². The van der Waals surface area contributed by atoms with E-state index in [0.29, 0.717) is 0 Å². The lowest BCUT2D eigenvalue weighted by molar-refractivity contribution is 0.0932. The molecule has 26 heavy (non-hydrogen) atoms. The van der Waals surface area contributed by atoms with Crippen LogP contribution in [-0.4, -0.2) is 27.0 Å². The molecule has 0 saturated heterocycles. The Labute approximate surface area is 150 Å². The van der Waals surface area contributed by atoms with Crippen LogP contribution < -0.4 is 10.4 Å². The number of imidazole rings is 1. The van der Waals surface area contributed by atoms with Crippen LogP contribution in [0.1, 0.15) is 0 Å². The molecule has 0 amide bonds. The quantitative estimate of drug-likeness (QED) is 0.603. The number of ether oxygens (including phenoxy) is 1. The number of nitrogens with zero attached hydrogens (tertiary/aromatic N) is 2. The second-order valence-electron chi connectivity index (χ2n) is 6.38. The van der Waals surface area contributed by atoms with Gasteiger partial charge in [0.25, 0.3) is 0 Å². The topological polar surface area (TPSA) is 56.4 Å². The fourth-order valence-electron chi connectivity index (χ4n) is 3.31. The first-order chi connectivity index (χ1) is 12.6. The van der Waals surface area contributed by atoms with Crippen LogP contribution in [0.15, 0.2) is 71.5 Å². The lowest BCUT2D eigenvalue weighted by atomic mass is 10.1. The van der Waals surface area contributed by atoms with Gasteiger partial charge in [-0.2, -0.15) is 0 Å². The van der Waals surface area contributed by atoms with E-state index in [9.17, 15) is 9.90 Å². The number of aryl methyl sites for hydroxylation is 1. The molecule has 0 fully saturated rings. The van der Waals surface area contributed by atoms with Gasteiger partial charge in [-0.15, -0.1) is 0 Å². The minimum absolute atomic E-state index is 0.115. The maximum absolute atomic E-state index is 12.4. The second-order valence-corrected chi connectivity index (χ2v) is 6.38. The first-order valence-electron chi connectivity index (χ1n) is 8.58. The molecule has 4 rings (SSSR count). The highest BCUT2D eigenvalue weighted by atomic mass is 16.5. The Balaban J connectivity index is 1.54. The van der Waals surface area contributed by atoms with Crippen LogP contribution in [0.25, 0.3) is 21.8 Å². The number of rotatable bonds is 5. The molecule has 3 aromatic carbocycles. The van der Waals surface area contributed by atoms with Crippen LogP contribution in [-0.2, 0) is 13.6 Å². The highest BCUT2D eigenvalue weighted by molar-refractivity contribution is 5.88. The molecular formula is C21H20N2O3. The Kier molecular flexibility index (Phi) is 4.22. The second kappa shape index (κ2) is 6.69. The third-order valence-corrected chi connectivity index (χ3v) is 4.63. The van der Waals surface area contributed by atoms with E-state index < -0.39 is 6.10 Å². The number of hydrogen-bond donors (Lipinski definition) is 1. The van der Waals surface area contributed by atoms with Crippen molar-refractivity contribution in [2.24, 2.45) is 7.05 Å². The fraction of sp³-hybridized carbons (Fsp3) is 0.190. The summed E-state index contributed by atoms with van der Waals surface area (Å²) in [5.74, 6) is 0.729. The van der Waals surface area contributed by atoms with Gasteiger partial charge in [0.15, 0.2) is 0 Å². The number of aromatic nitrogens is 2. The number of benzene rings is 3. The third kappa shape index (κ3) is 2.86. The van der Waals surface area contributed by atoms with Crippen molar-refractivity contribution in [3.05, 3.63) is 77.2 Å². The van der Waals surface area contributed by atoms with E-state index >= 15 is 0 Å². The average molecular weight is 348 g/mol. The smallest absolute Gasteiger partial charge is 0.328 e. The monoisotopic (exact) mass is 348 g/mol. The van der Waals surface area contributed by atoms with E-state index in [1.54, 1.807) is 16.2 Å². The summed E-state index contributed by atoms with van der Waals surface area (Å²) in [6.07, 6.45) is -0.794. The number of aliphatic hydroxyl groups excluding tert-OH is 1. The summed E-state index contributed by atoms with van der Waals surface area (Å²) in [4.78, 5) is 12.4. The summed E-state index contributed by atoms with van der Waals surface area (Å²) in [5, 5.41) is 12.5. The number of para-hydroxylation sites is 2. The number of fused-ring (bicyclic) bond motifs is 2. The Hall–Kier alpha value is -3.05. The summed E-state index contributed by atoms with van der Waals surface area (Å²) in [7, 11) is 1.74. The lowest BCUT2D eigenvalue weighted by Crippen LogP contribution is -2.30. The maximum Gasteiger partial charge on any atom is 0.328 e. The third-order valence-electron chi connectivity index (χ3n) is 4.63. The maximum atomic E-state index is 12.4. The van der Waals surface area contributed by atoms with Crippen molar-refractivity contribution in [1.82, 2.24) is 9.13 Å². The molecule has 132 valence electrons. The molecule has 0 aliphatic carbocycles. The summed E-state index contributed by atoms with van der Waals surface area (Å²) in [6.45, 7) is 0.300. The Bertz CT molecular complexity index is 1120. The van der Waals surface area contributed by atoms with E-state index in [1.807, 2.05) is 66.7 Å². The molecule has 0 radical (unpaired) electrons. The van der Waals surface area contributed by atoms with Crippen molar-refractivity contribution in [3.63, 3.8) is 0 Å². The van der Waals surface area contributed by atoms with Crippen molar-refractivity contribution >= 4 is 21.8 Å².